The van der Waals surface area contributed by atoms with Crippen molar-refractivity contribution >= 4 is 54.6 Å². The van der Waals surface area contributed by atoms with Crippen LogP contribution in [0.5, 0.6) is 0 Å². The van der Waals surface area contributed by atoms with Gasteiger partial charge in [0.25, 0.3) is 0 Å². The zero-order valence-corrected chi connectivity index (χ0v) is 14.7. The van der Waals surface area contributed by atoms with Gasteiger partial charge >= 0.3 is 5.97 Å². The lowest BCUT2D eigenvalue weighted by molar-refractivity contribution is 0.0478. The highest BCUT2D eigenvalue weighted by atomic mass is 32.1. The van der Waals surface area contributed by atoms with Crippen LogP contribution in [0, 0.1) is 0 Å². The maximum Gasteiger partial charge on any atom is 0.348 e. The van der Waals surface area contributed by atoms with E-state index < -0.39 is 0 Å². The van der Waals surface area contributed by atoms with Crippen molar-refractivity contribution in [1.82, 2.24) is 9.97 Å². The Kier molecular flexibility index (Phi) is 4.70. The van der Waals surface area contributed by atoms with E-state index in [1.54, 1.807) is 17.5 Å². The standard InChI is InChI=1S/C14H15N3O2S3/c1-3-17(4-2)14-16-12-9(22-14)7-10(21-12)13(18)19-8-11-15-5-6-20-11/h5-7H,3-4,8H2,1-2H3. The number of ether oxygens (including phenoxy) is 1. The molecule has 0 amide bonds. The molecule has 3 rings (SSSR count). The number of carbonyl (C=O) groups is 1. The van der Waals surface area contributed by atoms with Gasteiger partial charge in [-0.1, -0.05) is 11.3 Å². The minimum Gasteiger partial charge on any atom is -0.454 e. The lowest BCUT2D eigenvalue weighted by atomic mass is 10.5. The van der Waals surface area contributed by atoms with Crippen LogP contribution in [0.15, 0.2) is 17.6 Å². The first-order chi connectivity index (χ1) is 10.7. The van der Waals surface area contributed by atoms with Crippen molar-refractivity contribution in [1.29, 1.82) is 0 Å². The number of rotatable bonds is 6. The second-order valence-corrected chi connectivity index (χ2v) is 7.47. The van der Waals surface area contributed by atoms with Gasteiger partial charge in [-0.2, -0.15) is 0 Å². The summed E-state index contributed by atoms with van der Waals surface area (Å²) in [5.74, 6) is -0.310. The summed E-state index contributed by atoms with van der Waals surface area (Å²) in [5, 5.41) is 3.67. The molecule has 5 nitrogen and oxygen atoms in total. The molecular formula is C14H15N3O2S3. The monoisotopic (exact) mass is 353 g/mol. The molecule has 22 heavy (non-hydrogen) atoms. The molecule has 0 fully saturated rings. The van der Waals surface area contributed by atoms with Crippen LogP contribution in [0.3, 0.4) is 0 Å². The van der Waals surface area contributed by atoms with E-state index in [-0.39, 0.29) is 12.6 Å². The molecule has 3 aromatic heterocycles. The molecule has 0 aromatic carbocycles. The Morgan fingerprint density at radius 2 is 2.14 bits per heavy atom. The van der Waals surface area contributed by atoms with Gasteiger partial charge in [0.05, 0.1) is 4.70 Å². The third-order valence-corrected chi connectivity index (χ3v) is 6.08. The molecule has 0 aliphatic heterocycles. The Labute approximate surface area is 140 Å². The van der Waals surface area contributed by atoms with Crippen LogP contribution in [0.25, 0.3) is 9.53 Å². The van der Waals surface area contributed by atoms with Crippen LogP contribution in [-0.2, 0) is 11.3 Å². The topological polar surface area (TPSA) is 55.3 Å². The van der Waals surface area contributed by atoms with Crippen molar-refractivity contribution in [3.63, 3.8) is 0 Å². The number of hydrogen-bond acceptors (Lipinski definition) is 8. The molecule has 0 aliphatic rings. The molecular weight excluding hydrogens is 338 g/mol. The summed E-state index contributed by atoms with van der Waals surface area (Å²) in [6, 6.07) is 1.87. The Hall–Kier alpha value is -1.51. The predicted octanol–water partition coefficient (Wildman–Crippen LogP) is 4.02. The average molecular weight is 353 g/mol. The normalized spacial score (nSPS) is 11.0. The summed E-state index contributed by atoms with van der Waals surface area (Å²) in [5.41, 5.74) is 0. The zero-order valence-electron chi connectivity index (χ0n) is 12.2. The van der Waals surface area contributed by atoms with E-state index in [0.717, 1.165) is 32.8 Å². The summed E-state index contributed by atoms with van der Waals surface area (Å²) in [6.45, 7) is 6.31. The number of aromatic nitrogens is 2. The molecule has 0 radical (unpaired) electrons. The van der Waals surface area contributed by atoms with Crippen molar-refractivity contribution in [2.75, 3.05) is 18.0 Å². The molecule has 0 bridgehead atoms. The Bertz CT molecular complexity index is 728. The van der Waals surface area contributed by atoms with Crippen LogP contribution >= 0.6 is 34.0 Å². The molecule has 0 atom stereocenters. The van der Waals surface area contributed by atoms with Gasteiger partial charge < -0.3 is 9.64 Å². The highest BCUT2D eigenvalue weighted by Crippen LogP contribution is 2.34. The van der Waals surface area contributed by atoms with Gasteiger partial charge in [0.15, 0.2) is 5.13 Å². The number of nitrogens with zero attached hydrogens (tertiary/aromatic N) is 3. The highest BCUT2D eigenvalue weighted by Gasteiger charge is 2.17. The molecule has 3 heterocycles. The first-order valence-electron chi connectivity index (χ1n) is 6.92. The van der Waals surface area contributed by atoms with Gasteiger partial charge in [0.1, 0.15) is 21.3 Å². The number of thiophene rings is 1. The van der Waals surface area contributed by atoms with E-state index >= 15 is 0 Å². The minimum atomic E-state index is -0.310. The number of hydrogen-bond donors (Lipinski definition) is 0. The number of thiazole rings is 2. The highest BCUT2D eigenvalue weighted by molar-refractivity contribution is 7.29. The number of carbonyl (C=O) groups excluding carboxylic acids is 1. The largest absolute Gasteiger partial charge is 0.454 e. The fraction of sp³-hybridized carbons (Fsp3) is 0.357. The van der Waals surface area contributed by atoms with Crippen LogP contribution < -0.4 is 4.90 Å². The maximum atomic E-state index is 12.1. The minimum absolute atomic E-state index is 0.222. The van der Waals surface area contributed by atoms with Crippen LogP contribution in [0.4, 0.5) is 5.13 Å². The Balaban J connectivity index is 1.72. The third kappa shape index (κ3) is 3.13. The van der Waals surface area contributed by atoms with Gasteiger partial charge in [0, 0.05) is 24.7 Å². The SMILES string of the molecule is CCN(CC)c1nc2sc(C(=O)OCc3nccs3)cc2s1. The lowest BCUT2D eigenvalue weighted by Crippen LogP contribution is -2.21. The molecule has 0 saturated heterocycles. The summed E-state index contributed by atoms with van der Waals surface area (Å²) >= 11 is 4.47. The molecule has 116 valence electrons. The van der Waals surface area contributed by atoms with E-state index in [4.69, 9.17) is 4.74 Å². The fourth-order valence-corrected chi connectivity index (χ4v) is 4.74. The third-order valence-electron chi connectivity index (χ3n) is 3.12. The molecule has 8 heteroatoms. The fourth-order valence-electron chi connectivity index (χ4n) is 1.98. The molecule has 0 N–H and O–H groups in total. The second-order valence-electron chi connectivity index (χ2n) is 4.45. The molecule has 0 unspecified atom stereocenters. The summed E-state index contributed by atoms with van der Waals surface area (Å²) < 4.78 is 6.31. The quantitative estimate of drug-likeness (QED) is 0.627. The summed E-state index contributed by atoms with van der Waals surface area (Å²) in [4.78, 5) is 24.5. The van der Waals surface area contributed by atoms with Gasteiger partial charge in [-0.15, -0.1) is 22.7 Å². The van der Waals surface area contributed by atoms with Crippen molar-refractivity contribution in [2.45, 2.75) is 20.5 Å². The maximum absolute atomic E-state index is 12.1. The van der Waals surface area contributed by atoms with Crippen molar-refractivity contribution in [3.05, 3.63) is 27.5 Å². The molecule has 0 saturated carbocycles. The van der Waals surface area contributed by atoms with E-state index in [1.807, 2.05) is 11.4 Å². The second kappa shape index (κ2) is 6.72. The molecule has 0 spiro atoms. The smallest absolute Gasteiger partial charge is 0.348 e. The van der Waals surface area contributed by atoms with Gasteiger partial charge in [0.2, 0.25) is 0 Å². The van der Waals surface area contributed by atoms with Crippen molar-refractivity contribution in [3.8, 4) is 0 Å². The van der Waals surface area contributed by atoms with Crippen LogP contribution in [0.2, 0.25) is 0 Å². The predicted molar refractivity (Wildman–Crippen MR) is 92.3 cm³/mol. The van der Waals surface area contributed by atoms with Gasteiger partial charge in [-0.3, -0.25) is 0 Å². The molecule has 0 aliphatic carbocycles. The van der Waals surface area contributed by atoms with Gasteiger partial charge in [-0.05, 0) is 19.9 Å². The number of fused-ring (bicyclic) bond motifs is 1. The summed E-state index contributed by atoms with van der Waals surface area (Å²) in [6.07, 6.45) is 1.70. The van der Waals surface area contributed by atoms with Crippen LogP contribution in [-0.4, -0.2) is 29.0 Å². The lowest BCUT2D eigenvalue weighted by Gasteiger charge is -2.16. The van der Waals surface area contributed by atoms with E-state index in [1.165, 1.54) is 22.7 Å². The van der Waals surface area contributed by atoms with Crippen molar-refractivity contribution in [2.24, 2.45) is 0 Å². The molecule has 3 aromatic rings. The first kappa shape index (κ1) is 15.4. The Morgan fingerprint density at radius 3 is 2.77 bits per heavy atom. The zero-order chi connectivity index (χ0) is 15.5. The number of esters is 1. The Morgan fingerprint density at radius 1 is 1.32 bits per heavy atom. The van der Waals surface area contributed by atoms with E-state index in [2.05, 4.69) is 28.7 Å². The first-order valence-corrected chi connectivity index (χ1v) is 9.43. The van der Waals surface area contributed by atoms with Crippen LogP contribution in [0.1, 0.15) is 28.5 Å². The van der Waals surface area contributed by atoms with Gasteiger partial charge in [-0.25, -0.2) is 14.8 Å². The van der Waals surface area contributed by atoms with E-state index in [0.29, 0.717) is 4.88 Å². The van der Waals surface area contributed by atoms with E-state index in [9.17, 15) is 4.79 Å². The summed E-state index contributed by atoms with van der Waals surface area (Å²) in [7, 11) is 0. The van der Waals surface area contributed by atoms with Crippen molar-refractivity contribution < 1.29 is 9.53 Å². The average Bonchev–Trinajstić information content (AvgIpc) is 3.21. The number of anilines is 1.